The van der Waals surface area contributed by atoms with Crippen LogP contribution < -0.4 is 9.64 Å². The Labute approximate surface area is 175 Å². The van der Waals surface area contributed by atoms with E-state index in [0.717, 1.165) is 23.3 Å². The van der Waals surface area contributed by atoms with E-state index >= 15 is 0 Å². The molecule has 3 aromatic carbocycles. The minimum absolute atomic E-state index is 0.322. The zero-order chi connectivity index (χ0) is 19.3. The number of fused-ring (bicyclic) bond motifs is 1. The minimum atomic E-state index is 0.322. The summed E-state index contributed by atoms with van der Waals surface area (Å²) in [6.45, 7) is 3.14. The Hall–Kier alpha value is -2.30. The monoisotopic (exact) mass is 437 g/mol. The molecule has 144 valence electrons. The van der Waals surface area contributed by atoms with E-state index in [1.54, 1.807) is 7.11 Å². The van der Waals surface area contributed by atoms with E-state index in [1.807, 2.05) is 18.2 Å². The van der Waals surface area contributed by atoms with Crippen molar-refractivity contribution in [2.75, 3.05) is 25.2 Å². The Balaban J connectivity index is 1.53. The van der Waals surface area contributed by atoms with Crippen LogP contribution in [-0.2, 0) is 17.9 Å². The highest BCUT2D eigenvalue weighted by atomic mass is 79.9. The van der Waals surface area contributed by atoms with Crippen molar-refractivity contribution in [2.24, 2.45) is 0 Å². The predicted molar refractivity (Wildman–Crippen MR) is 117 cm³/mol. The van der Waals surface area contributed by atoms with Gasteiger partial charge in [-0.2, -0.15) is 0 Å². The zero-order valence-corrected chi connectivity index (χ0v) is 17.6. The summed E-state index contributed by atoms with van der Waals surface area (Å²) in [5.41, 5.74) is 5.04. The molecular weight excluding hydrogens is 414 g/mol. The molecule has 0 spiro atoms. The first-order valence-corrected chi connectivity index (χ1v) is 10.3. The molecule has 0 aromatic heterocycles. The van der Waals surface area contributed by atoms with Crippen molar-refractivity contribution in [3.8, 4) is 5.75 Å². The number of hydrogen-bond acceptors (Lipinski definition) is 3. The molecule has 1 aliphatic heterocycles. The van der Waals surface area contributed by atoms with E-state index < -0.39 is 0 Å². The van der Waals surface area contributed by atoms with E-state index in [9.17, 15) is 0 Å². The van der Waals surface area contributed by atoms with Gasteiger partial charge in [-0.15, -0.1) is 0 Å². The van der Waals surface area contributed by atoms with Gasteiger partial charge in [0.1, 0.15) is 5.75 Å². The van der Waals surface area contributed by atoms with Gasteiger partial charge in [-0.25, -0.2) is 0 Å². The molecule has 0 N–H and O–H groups in total. The Morgan fingerprint density at radius 2 is 1.64 bits per heavy atom. The normalized spacial score (nSPS) is 15.5. The molecule has 1 heterocycles. The van der Waals surface area contributed by atoms with Crippen molar-refractivity contribution in [3.63, 3.8) is 0 Å². The summed E-state index contributed by atoms with van der Waals surface area (Å²) >= 11 is 3.77. The lowest BCUT2D eigenvalue weighted by molar-refractivity contribution is 0.109. The maximum absolute atomic E-state index is 6.09. The van der Waals surface area contributed by atoms with Crippen LogP contribution in [0, 0.1) is 0 Å². The third kappa shape index (κ3) is 4.23. The Kier molecular flexibility index (Phi) is 5.98. The molecule has 4 heteroatoms. The topological polar surface area (TPSA) is 21.7 Å². The standard InChI is InChI=1S/C24H24BrNO2/c1-27-21-12-22(25)24-20(17-28-16-19-10-6-3-7-11-19)15-26(23(24)13-21)14-18-8-4-2-5-9-18/h2-13,20H,14-17H2,1H3. The van der Waals surface area contributed by atoms with Crippen LogP contribution in [0.2, 0.25) is 0 Å². The highest BCUT2D eigenvalue weighted by Crippen LogP contribution is 2.44. The fourth-order valence-corrected chi connectivity index (χ4v) is 4.55. The second-order valence-electron chi connectivity index (χ2n) is 7.11. The molecule has 3 aromatic rings. The molecule has 0 saturated heterocycles. The van der Waals surface area contributed by atoms with Gasteiger partial charge in [0.15, 0.2) is 0 Å². The first-order valence-electron chi connectivity index (χ1n) is 9.52. The number of hydrogen-bond donors (Lipinski definition) is 0. The number of methoxy groups -OCH3 is 1. The number of halogens is 1. The SMILES string of the molecule is COc1cc(Br)c2c(c1)N(Cc1ccccc1)CC2COCc1ccccc1. The van der Waals surface area contributed by atoms with Crippen LogP contribution in [0.4, 0.5) is 5.69 Å². The van der Waals surface area contributed by atoms with E-state index in [0.29, 0.717) is 19.1 Å². The third-order valence-electron chi connectivity index (χ3n) is 5.15. The van der Waals surface area contributed by atoms with Crippen LogP contribution in [0.3, 0.4) is 0 Å². The van der Waals surface area contributed by atoms with Gasteiger partial charge in [-0.1, -0.05) is 76.6 Å². The lowest BCUT2D eigenvalue weighted by atomic mass is 10.0. The summed E-state index contributed by atoms with van der Waals surface area (Å²) in [5, 5.41) is 0. The average molecular weight is 438 g/mol. The Morgan fingerprint density at radius 3 is 2.32 bits per heavy atom. The minimum Gasteiger partial charge on any atom is -0.497 e. The van der Waals surface area contributed by atoms with Crippen LogP contribution in [0.15, 0.2) is 77.3 Å². The molecule has 0 fully saturated rings. The molecule has 0 amide bonds. The summed E-state index contributed by atoms with van der Waals surface area (Å²) in [6.07, 6.45) is 0. The molecule has 1 unspecified atom stereocenters. The molecule has 0 aliphatic carbocycles. The first kappa shape index (κ1) is 19.0. The van der Waals surface area contributed by atoms with E-state index in [1.165, 1.54) is 22.4 Å². The van der Waals surface area contributed by atoms with Crippen molar-refractivity contribution in [2.45, 2.75) is 19.1 Å². The van der Waals surface area contributed by atoms with Gasteiger partial charge >= 0.3 is 0 Å². The smallest absolute Gasteiger partial charge is 0.122 e. The van der Waals surface area contributed by atoms with E-state index in [2.05, 4.69) is 75.4 Å². The number of rotatable bonds is 7. The van der Waals surface area contributed by atoms with Crippen molar-refractivity contribution < 1.29 is 9.47 Å². The van der Waals surface area contributed by atoms with Gasteiger partial charge in [0.25, 0.3) is 0 Å². The molecule has 28 heavy (non-hydrogen) atoms. The Bertz CT molecular complexity index is 915. The van der Waals surface area contributed by atoms with Gasteiger partial charge in [-0.3, -0.25) is 0 Å². The van der Waals surface area contributed by atoms with Gasteiger partial charge < -0.3 is 14.4 Å². The van der Waals surface area contributed by atoms with Crippen LogP contribution in [0.5, 0.6) is 5.75 Å². The summed E-state index contributed by atoms with van der Waals surface area (Å²) in [7, 11) is 1.71. The Morgan fingerprint density at radius 1 is 0.964 bits per heavy atom. The third-order valence-corrected chi connectivity index (χ3v) is 5.81. The number of nitrogens with zero attached hydrogens (tertiary/aromatic N) is 1. The molecule has 0 radical (unpaired) electrons. The van der Waals surface area contributed by atoms with E-state index in [-0.39, 0.29) is 0 Å². The maximum atomic E-state index is 6.09. The van der Waals surface area contributed by atoms with Crippen LogP contribution >= 0.6 is 15.9 Å². The largest absolute Gasteiger partial charge is 0.497 e. The van der Waals surface area contributed by atoms with Gasteiger partial charge in [-0.05, 0) is 22.8 Å². The van der Waals surface area contributed by atoms with Crippen LogP contribution in [0.25, 0.3) is 0 Å². The predicted octanol–water partition coefficient (Wildman–Crippen LogP) is 5.78. The lowest BCUT2D eigenvalue weighted by Gasteiger charge is -2.20. The fourth-order valence-electron chi connectivity index (χ4n) is 3.80. The number of anilines is 1. The molecule has 1 aliphatic rings. The summed E-state index contributed by atoms with van der Waals surface area (Å²) in [6, 6.07) is 25.1. The molecule has 4 rings (SSSR count). The maximum Gasteiger partial charge on any atom is 0.122 e. The van der Waals surface area contributed by atoms with Crippen molar-refractivity contribution >= 4 is 21.6 Å². The van der Waals surface area contributed by atoms with Gasteiger partial charge in [0, 0.05) is 35.2 Å². The van der Waals surface area contributed by atoms with Crippen LogP contribution in [0.1, 0.15) is 22.6 Å². The highest BCUT2D eigenvalue weighted by molar-refractivity contribution is 9.10. The first-order chi connectivity index (χ1) is 13.7. The second kappa shape index (κ2) is 8.80. The molecule has 0 bridgehead atoms. The van der Waals surface area contributed by atoms with E-state index in [4.69, 9.17) is 9.47 Å². The quantitative estimate of drug-likeness (QED) is 0.467. The lowest BCUT2D eigenvalue weighted by Crippen LogP contribution is -2.22. The summed E-state index contributed by atoms with van der Waals surface area (Å²) < 4.78 is 12.7. The zero-order valence-electron chi connectivity index (χ0n) is 16.0. The number of benzene rings is 3. The summed E-state index contributed by atoms with van der Waals surface area (Å²) in [5.74, 6) is 1.19. The van der Waals surface area contributed by atoms with Gasteiger partial charge in [0.2, 0.25) is 0 Å². The highest BCUT2D eigenvalue weighted by Gasteiger charge is 2.31. The van der Waals surface area contributed by atoms with Crippen molar-refractivity contribution in [3.05, 3.63) is 94.0 Å². The molecule has 1 atom stereocenters. The van der Waals surface area contributed by atoms with Crippen molar-refractivity contribution in [1.29, 1.82) is 0 Å². The molecule has 3 nitrogen and oxygen atoms in total. The second-order valence-corrected chi connectivity index (χ2v) is 7.96. The van der Waals surface area contributed by atoms with Gasteiger partial charge in [0.05, 0.1) is 20.3 Å². The molecule has 0 saturated carbocycles. The summed E-state index contributed by atoms with van der Waals surface area (Å²) in [4.78, 5) is 2.43. The van der Waals surface area contributed by atoms with Crippen molar-refractivity contribution in [1.82, 2.24) is 0 Å². The fraction of sp³-hybridized carbons (Fsp3) is 0.250. The van der Waals surface area contributed by atoms with Crippen LogP contribution in [-0.4, -0.2) is 20.3 Å². The molecular formula is C24H24BrNO2. The average Bonchev–Trinajstić information content (AvgIpc) is 3.07. The number of ether oxygens (including phenoxy) is 2.